The second kappa shape index (κ2) is 26.1. The fourth-order valence-corrected chi connectivity index (χ4v) is 35.9. The maximum absolute atomic E-state index is 3.02. The Balaban J connectivity index is 0.690. The van der Waals surface area contributed by atoms with Crippen molar-refractivity contribution < 1.29 is 0 Å². The highest BCUT2D eigenvalue weighted by Crippen LogP contribution is 2.76. The predicted octanol–water partition coefficient (Wildman–Crippen LogP) is 24.7. The second-order valence-corrected chi connectivity index (χ2v) is 40.2. The predicted molar refractivity (Wildman–Crippen MR) is 419 cm³/mol. The molecule has 0 amide bonds. The van der Waals surface area contributed by atoms with Gasteiger partial charge in [-0.1, -0.05) is 217 Å². The largest absolute Gasteiger partial charge is 0.0914 e. The van der Waals surface area contributed by atoms with Crippen LogP contribution >= 0.6 is 0 Å². The zero-order chi connectivity index (χ0) is 68.0. The van der Waals surface area contributed by atoms with E-state index in [0.29, 0.717) is 53.3 Å². The lowest BCUT2D eigenvalue weighted by atomic mass is 9.62. The van der Waals surface area contributed by atoms with E-state index in [-0.39, 0.29) is 0 Å². The Labute approximate surface area is 610 Å². The van der Waals surface area contributed by atoms with E-state index < -0.39 is 0 Å². The summed E-state index contributed by atoms with van der Waals surface area (Å²) in [7, 11) is 0. The lowest BCUT2D eigenvalue weighted by molar-refractivity contribution is 0.0723. The number of hydrogen-bond acceptors (Lipinski definition) is 0. The zero-order valence-electron chi connectivity index (χ0n) is 64.4. The molecular weight excluding hydrogens is 1200 g/mol. The summed E-state index contributed by atoms with van der Waals surface area (Å²) in [6, 6.07) is 0. The van der Waals surface area contributed by atoms with Gasteiger partial charge in [-0.05, 0) is 391 Å². The molecule has 20 aliphatic rings. The Morgan fingerprint density at radius 3 is 1.29 bits per heavy atom. The minimum Gasteiger partial charge on any atom is -0.0914 e. The number of fused-ring (bicyclic) bond motifs is 12. The van der Waals surface area contributed by atoms with E-state index in [2.05, 4.69) is 247 Å². The van der Waals surface area contributed by atoms with Crippen LogP contribution in [0.4, 0.5) is 0 Å². The van der Waals surface area contributed by atoms with E-state index in [4.69, 9.17) is 0 Å². The summed E-state index contributed by atoms with van der Waals surface area (Å²) in [4.78, 5) is 0. The molecule has 0 heteroatoms. The highest BCUT2D eigenvalue weighted by molar-refractivity contribution is 5.37. The Bertz CT molecular complexity index is 3500. The van der Waals surface area contributed by atoms with Crippen molar-refractivity contribution in [1.82, 2.24) is 0 Å². The van der Waals surface area contributed by atoms with Gasteiger partial charge in [0.15, 0.2) is 0 Å². The van der Waals surface area contributed by atoms with Gasteiger partial charge in [-0.2, -0.15) is 0 Å². The first-order valence-electron chi connectivity index (χ1n) is 44.1. The van der Waals surface area contributed by atoms with Crippen LogP contribution in [-0.4, -0.2) is 0 Å². The molecule has 0 aromatic heterocycles. The van der Waals surface area contributed by atoms with Gasteiger partial charge in [0.25, 0.3) is 0 Å². The maximum atomic E-state index is 3.02. The van der Waals surface area contributed by atoms with E-state index >= 15 is 0 Å². The lowest BCUT2D eigenvalue weighted by Crippen LogP contribution is -2.38. The summed E-state index contributed by atoms with van der Waals surface area (Å²) >= 11 is 0. The first-order chi connectivity index (χ1) is 48.9. The third-order valence-corrected chi connectivity index (χ3v) is 37.5. The van der Waals surface area contributed by atoms with E-state index in [0.717, 1.165) is 225 Å². The molecule has 15 saturated carbocycles. The van der Waals surface area contributed by atoms with Crippen molar-refractivity contribution in [2.75, 3.05) is 0 Å². The smallest absolute Gasteiger partial charge is 0.00165 e. The van der Waals surface area contributed by atoms with Crippen LogP contribution in [0.1, 0.15) is 167 Å². The standard InChI is InChI=1S/C100H136/c1-13-21-53(9)87-70(28-20-8)80-50-83(87)97-67-32-30-58-42-60(24-16-4)90-56(12)76(48-78(58)90)72-38-40-74-82-52-86(100(72)74)96-62(26-18-6)44-65(94(82)96)35-36-68-45-63(91-79-49-84(98(68)91)88(54(10)22-14-2)69(79)27-19-7)31-29-57-41-59(23-15-3)89-55(11)75(47-77(57)89)71-37-39-73-81-51-85(99(71)73)95-61(25-17-5)43-64(93(81)95)33-34-66(46-67)92(80)97/h13,15-21,23-40,47,53-74,76-100H,14,22,41-46,48-52H2,1-12H3/t53?,54?,55?,56?,57?,58?,59?,60?,61?,62?,63?,64?,65?,66?,67?,68?,69?,70?,71?,72-,73?,74?,76?,77?,78?,79?,80?,81?,82?,83?,84?,85?,86?,87?,88?,89?,90?,91?,92?,93?,94?,95?,96?,97?,98?,99?,100?/m1/s1. The summed E-state index contributed by atoms with van der Waals surface area (Å²) in [5.74, 6) is 36.9. The first-order valence-corrected chi connectivity index (χ1v) is 44.1. The highest BCUT2D eigenvalue weighted by atomic mass is 14.7. The molecule has 20 aliphatic carbocycles. The van der Waals surface area contributed by atoms with Gasteiger partial charge in [0.2, 0.25) is 0 Å². The molecule has 536 valence electrons. The Hall–Kier alpha value is -3.64. The molecule has 0 aromatic rings. The Kier molecular flexibility index (Phi) is 17.5. The van der Waals surface area contributed by atoms with Crippen molar-refractivity contribution in [2.45, 2.75) is 167 Å². The maximum Gasteiger partial charge on any atom is 0.00165 e. The fraction of sp³-hybridized carbons (Fsp3) is 0.720. The van der Waals surface area contributed by atoms with Crippen molar-refractivity contribution in [3.63, 3.8) is 0 Å². The topological polar surface area (TPSA) is 0 Å². The van der Waals surface area contributed by atoms with Crippen LogP contribution in [0.25, 0.3) is 0 Å². The molecule has 25 bridgehead atoms. The minimum atomic E-state index is 0.641. The van der Waals surface area contributed by atoms with Crippen molar-refractivity contribution in [2.24, 2.45) is 278 Å². The van der Waals surface area contributed by atoms with Crippen LogP contribution in [0.5, 0.6) is 0 Å². The van der Waals surface area contributed by atoms with E-state index in [9.17, 15) is 0 Å². The summed E-state index contributed by atoms with van der Waals surface area (Å²) < 4.78 is 0. The molecular formula is C100H136. The molecule has 0 aromatic carbocycles. The highest BCUT2D eigenvalue weighted by Gasteiger charge is 2.70. The molecule has 100 heavy (non-hydrogen) atoms. The van der Waals surface area contributed by atoms with Gasteiger partial charge in [-0.15, -0.1) is 0 Å². The van der Waals surface area contributed by atoms with Gasteiger partial charge < -0.3 is 0 Å². The van der Waals surface area contributed by atoms with Crippen LogP contribution in [0, 0.1) is 278 Å². The molecule has 0 heterocycles. The molecule has 47 atom stereocenters. The average Bonchev–Trinajstić information content (AvgIpc) is 1.55. The van der Waals surface area contributed by atoms with E-state index in [1.54, 1.807) is 0 Å². The fourth-order valence-electron chi connectivity index (χ4n) is 35.9. The third-order valence-electron chi connectivity index (χ3n) is 37.5. The molecule has 0 N–H and O–H groups in total. The van der Waals surface area contributed by atoms with Gasteiger partial charge in [-0.3, -0.25) is 0 Å². The van der Waals surface area contributed by atoms with Gasteiger partial charge in [0, 0.05) is 5.92 Å². The van der Waals surface area contributed by atoms with Gasteiger partial charge >= 0.3 is 0 Å². The van der Waals surface area contributed by atoms with Gasteiger partial charge in [-0.25, -0.2) is 0 Å². The molecule has 0 spiro atoms. The first kappa shape index (κ1) is 67.0. The van der Waals surface area contributed by atoms with Crippen LogP contribution in [0.2, 0.25) is 0 Å². The normalized spacial score (nSPS) is 57.6. The van der Waals surface area contributed by atoms with E-state index in [1.807, 2.05) is 5.57 Å². The lowest BCUT2D eigenvalue weighted by Gasteiger charge is -2.43. The molecule has 0 aliphatic heterocycles. The number of hydrogen-bond donors (Lipinski definition) is 0. The number of allylic oxidation sites excluding steroid dienone is 28. The Morgan fingerprint density at radius 1 is 0.330 bits per heavy atom. The average molecular weight is 1340 g/mol. The quantitative estimate of drug-likeness (QED) is 0.181. The number of rotatable bonds is 11. The van der Waals surface area contributed by atoms with Gasteiger partial charge in [0.05, 0.1) is 0 Å². The Morgan fingerprint density at radius 2 is 0.740 bits per heavy atom. The van der Waals surface area contributed by atoms with Crippen molar-refractivity contribution in [3.05, 3.63) is 170 Å². The van der Waals surface area contributed by atoms with Crippen LogP contribution in [0.3, 0.4) is 0 Å². The van der Waals surface area contributed by atoms with Crippen molar-refractivity contribution >= 4 is 0 Å². The summed E-state index contributed by atoms with van der Waals surface area (Å²) in [6.45, 7) is 29.7. The summed E-state index contributed by atoms with van der Waals surface area (Å²) in [5.41, 5.74) is 1.89. The van der Waals surface area contributed by atoms with Crippen molar-refractivity contribution in [1.29, 1.82) is 0 Å². The van der Waals surface area contributed by atoms with E-state index in [1.165, 1.54) is 83.5 Å². The summed E-state index contributed by atoms with van der Waals surface area (Å²) in [5, 5.41) is 0. The molecule has 20 rings (SSSR count). The molecule has 15 fully saturated rings. The summed E-state index contributed by atoms with van der Waals surface area (Å²) in [6.07, 6.45) is 93.3. The van der Waals surface area contributed by atoms with Crippen LogP contribution in [0.15, 0.2) is 170 Å². The van der Waals surface area contributed by atoms with Gasteiger partial charge in [0.1, 0.15) is 0 Å². The zero-order valence-corrected chi connectivity index (χ0v) is 64.4. The van der Waals surface area contributed by atoms with Crippen LogP contribution in [-0.2, 0) is 0 Å². The minimum absolute atomic E-state index is 0.641. The molecule has 0 nitrogen and oxygen atoms in total. The second-order valence-electron chi connectivity index (χ2n) is 40.2. The van der Waals surface area contributed by atoms with Crippen molar-refractivity contribution in [3.8, 4) is 0 Å². The molecule has 46 unspecified atom stereocenters. The molecule has 0 radical (unpaired) electrons. The SMILES string of the molecule is CC=CC(C)C1C(C=CC)C2CC1C1C3C=CC4CC(C=CC)C5C(C)C(CC45)[C@H]4C=CC5C6CC(C7C(C=CC)CC(C=CC8CC(C=CC9CC(C=CC)C%10C(C)C(=CC9%10)C9C=CC%10C%11CC(C9%10)C9C(C=CC)CC(C=CC(C3)C21)C%119)C1C2CC(C(C(C)CCC)C2C=CC)C81)C67)C54. The molecule has 0 saturated heterocycles. The van der Waals surface area contributed by atoms with Crippen LogP contribution < -0.4 is 0 Å². The monoisotopic (exact) mass is 1340 g/mol. The third kappa shape index (κ3) is 9.76.